The van der Waals surface area contributed by atoms with Gasteiger partial charge in [-0.25, -0.2) is 0 Å². The lowest BCUT2D eigenvalue weighted by atomic mass is 10.0. The number of nitrogens with one attached hydrogen (secondary N) is 1. The van der Waals surface area contributed by atoms with Gasteiger partial charge in [0, 0.05) is 11.3 Å². The van der Waals surface area contributed by atoms with Crippen molar-refractivity contribution in [3.63, 3.8) is 0 Å². The van der Waals surface area contributed by atoms with Crippen LogP contribution in [0.2, 0.25) is 0 Å². The van der Waals surface area contributed by atoms with Crippen molar-refractivity contribution in [3.8, 4) is 17.2 Å². The van der Waals surface area contributed by atoms with E-state index in [0.717, 1.165) is 22.6 Å². The molecule has 0 bridgehead atoms. The molecular formula is C19H19N5O3. The van der Waals surface area contributed by atoms with E-state index < -0.39 is 0 Å². The van der Waals surface area contributed by atoms with Crippen molar-refractivity contribution >= 4 is 11.6 Å². The Labute approximate surface area is 156 Å². The van der Waals surface area contributed by atoms with Gasteiger partial charge in [-0.2, -0.15) is 4.68 Å². The summed E-state index contributed by atoms with van der Waals surface area (Å²) in [5.74, 6) is 2.67. The zero-order chi connectivity index (χ0) is 18.8. The Hall–Kier alpha value is -3.55. The van der Waals surface area contributed by atoms with Gasteiger partial charge < -0.3 is 19.5 Å². The third kappa shape index (κ3) is 3.05. The number of allylic oxidation sites excluding steroid dienone is 1. The minimum Gasteiger partial charge on any atom is -0.497 e. The number of rotatable bonds is 5. The van der Waals surface area contributed by atoms with Crippen molar-refractivity contribution in [2.45, 2.75) is 6.04 Å². The fraction of sp³-hybridized carbons (Fsp3) is 0.211. The number of benzene rings is 2. The molecule has 27 heavy (non-hydrogen) atoms. The van der Waals surface area contributed by atoms with Crippen LogP contribution in [-0.2, 0) is 0 Å². The van der Waals surface area contributed by atoms with E-state index in [4.69, 9.17) is 14.2 Å². The fourth-order valence-corrected chi connectivity index (χ4v) is 3.09. The standard InChI is InChI=1S/C19H19N5O3/c1-25-14-6-4-5-12(9-14)15-11-16(24-19(20-15)21-22-23-24)13-7-8-17(26-2)18(10-13)27-3/h4-11,16H,1-3H3,(H,20,21,23)/t16-/m0/s1. The Bertz CT molecular complexity index is 999. The van der Waals surface area contributed by atoms with Crippen LogP contribution >= 0.6 is 0 Å². The highest BCUT2D eigenvalue weighted by molar-refractivity contribution is 5.77. The third-order valence-corrected chi connectivity index (χ3v) is 4.46. The van der Waals surface area contributed by atoms with Crippen molar-refractivity contribution in [1.29, 1.82) is 0 Å². The minimum absolute atomic E-state index is 0.197. The van der Waals surface area contributed by atoms with Gasteiger partial charge in [0.15, 0.2) is 11.5 Å². The summed E-state index contributed by atoms with van der Waals surface area (Å²) < 4.78 is 17.8. The molecule has 1 aliphatic heterocycles. The molecule has 0 spiro atoms. The Morgan fingerprint density at radius 2 is 1.81 bits per heavy atom. The van der Waals surface area contributed by atoms with Crippen molar-refractivity contribution in [2.24, 2.45) is 0 Å². The molecule has 0 radical (unpaired) electrons. The normalized spacial score (nSPS) is 15.4. The summed E-state index contributed by atoms with van der Waals surface area (Å²) in [5, 5.41) is 15.3. The molecule has 1 atom stereocenters. The molecular weight excluding hydrogens is 346 g/mol. The SMILES string of the molecule is COc1cccc(C2=C[C@@H](c3ccc(OC)c(OC)c3)n3nnnc3N2)c1. The largest absolute Gasteiger partial charge is 0.497 e. The fourth-order valence-electron chi connectivity index (χ4n) is 3.09. The van der Waals surface area contributed by atoms with E-state index >= 15 is 0 Å². The molecule has 8 heteroatoms. The minimum atomic E-state index is -0.197. The topological polar surface area (TPSA) is 83.3 Å². The lowest BCUT2D eigenvalue weighted by Gasteiger charge is -2.24. The average molecular weight is 365 g/mol. The molecule has 0 saturated carbocycles. The van der Waals surface area contributed by atoms with Gasteiger partial charge in [-0.3, -0.25) is 0 Å². The maximum absolute atomic E-state index is 5.44. The molecule has 138 valence electrons. The first-order chi connectivity index (χ1) is 13.2. The predicted molar refractivity (Wildman–Crippen MR) is 100 cm³/mol. The Kier molecular flexibility index (Phi) is 4.37. The van der Waals surface area contributed by atoms with Crippen molar-refractivity contribution < 1.29 is 14.2 Å². The van der Waals surface area contributed by atoms with Crippen molar-refractivity contribution in [2.75, 3.05) is 26.6 Å². The van der Waals surface area contributed by atoms with Crippen molar-refractivity contribution in [1.82, 2.24) is 20.2 Å². The summed E-state index contributed by atoms with van der Waals surface area (Å²) in [6.45, 7) is 0. The molecule has 1 aromatic heterocycles. The van der Waals surface area contributed by atoms with Crippen LogP contribution < -0.4 is 19.5 Å². The van der Waals surface area contributed by atoms with E-state index in [-0.39, 0.29) is 6.04 Å². The number of nitrogens with zero attached hydrogens (tertiary/aromatic N) is 4. The highest BCUT2D eigenvalue weighted by Crippen LogP contribution is 2.36. The van der Waals surface area contributed by atoms with E-state index in [0.29, 0.717) is 17.4 Å². The molecule has 0 saturated heterocycles. The number of aromatic nitrogens is 4. The number of hydrogen-bond donors (Lipinski definition) is 1. The van der Waals surface area contributed by atoms with Gasteiger partial charge in [0.25, 0.3) is 0 Å². The molecule has 8 nitrogen and oxygen atoms in total. The first kappa shape index (κ1) is 16.9. The van der Waals surface area contributed by atoms with Gasteiger partial charge >= 0.3 is 0 Å². The Balaban J connectivity index is 1.80. The molecule has 0 unspecified atom stereocenters. The van der Waals surface area contributed by atoms with E-state index in [1.54, 1.807) is 26.0 Å². The lowest BCUT2D eigenvalue weighted by molar-refractivity contribution is 0.354. The van der Waals surface area contributed by atoms with Gasteiger partial charge in [-0.1, -0.05) is 23.3 Å². The zero-order valence-electron chi connectivity index (χ0n) is 15.2. The number of methoxy groups -OCH3 is 3. The van der Waals surface area contributed by atoms with Crippen LogP contribution in [0.5, 0.6) is 17.2 Å². The molecule has 4 rings (SSSR count). The van der Waals surface area contributed by atoms with E-state index in [2.05, 4.69) is 26.9 Å². The van der Waals surface area contributed by atoms with Gasteiger partial charge in [0.2, 0.25) is 5.95 Å². The molecule has 1 aliphatic rings. The van der Waals surface area contributed by atoms with Gasteiger partial charge in [0.05, 0.1) is 21.3 Å². The first-order valence-corrected chi connectivity index (χ1v) is 8.36. The monoisotopic (exact) mass is 365 g/mol. The van der Waals surface area contributed by atoms with Crippen LogP contribution in [0.15, 0.2) is 48.5 Å². The highest BCUT2D eigenvalue weighted by atomic mass is 16.5. The van der Waals surface area contributed by atoms with Crippen LogP contribution in [-0.4, -0.2) is 41.5 Å². The summed E-state index contributed by atoms with van der Waals surface area (Å²) in [7, 11) is 4.88. The van der Waals surface area contributed by atoms with Gasteiger partial charge in [-0.15, -0.1) is 0 Å². The second kappa shape index (κ2) is 6.99. The van der Waals surface area contributed by atoms with E-state index in [1.807, 2.05) is 42.5 Å². The number of ether oxygens (including phenoxy) is 3. The summed E-state index contributed by atoms with van der Waals surface area (Å²) in [6, 6.07) is 13.4. The molecule has 2 heterocycles. The highest BCUT2D eigenvalue weighted by Gasteiger charge is 2.25. The average Bonchev–Trinajstić information content (AvgIpc) is 3.21. The van der Waals surface area contributed by atoms with E-state index in [1.165, 1.54) is 0 Å². The number of hydrogen-bond acceptors (Lipinski definition) is 7. The molecule has 3 aromatic rings. The Morgan fingerprint density at radius 1 is 0.963 bits per heavy atom. The predicted octanol–water partition coefficient (Wildman–Crippen LogP) is 2.75. The summed E-state index contributed by atoms with van der Waals surface area (Å²) in [5.41, 5.74) is 2.85. The van der Waals surface area contributed by atoms with Crippen molar-refractivity contribution in [3.05, 3.63) is 59.7 Å². The zero-order valence-corrected chi connectivity index (χ0v) is 15.2. The molecule has 0 amide bonds. The van der Waals surface area contributed by atoms with Crippen LogP contribution in [0.4, 0.5) is 5.95 Å². The molecule has 0 fully saturated rings. The summed E-state index contributed by atoms with van der Waals surface area (Å²) >= 11 is 0. The van der Waals surface area contributed by atoms with Gasteiger partial charge in [-0.05, 0) is 46.3 Å². The quantitative estimate of drug-likeness (QED) is 0.744. The third-order valence-electron chi connectivity index (χ3n) is 4.46. The second-order valence-corrected chi connectivity index (χ2v) is 5.94. The molecule has 2 aromatic carbocycles. The summed E-state index contributed by atoms with van der Waals surface area (Å²) in [6.07, 6.45) is 2.07. The Morgan fingerprint density at radius 3 is 2.59 bits per heavy atom. The number of fused-ring (bicyclic) bond motifs is 1. The maximum atomic E-state index is 5.44. The second-order valence-electron chi connectivity index (χ2n) is 5.94. The maximum Gasteiger partial charge on any atom is 0.248 e. The molecule has 0 aliphatic carbocycles. The number of tetrazole rings is 1. The van der Waals surface area contributed by atoms with Crippen LogP contribution in [0, 0.1) is 0 Å². The number of anilines is 1. The van der Waals surface area contributed by atoms with Crippen LogP contribution in [0.25, 0.3) is 5.70 Å². The molecule has 1 N–H and O–H groups in total. The van der Waals surface area contributed by atoms with Crippen LogP contribution in [0.3, 0.4) is 0 Å². The van der Waals surface area contributed by atoms with E-state index in [9.17, 15) is 0 Å². The van der Waals surface area contributed by atoms with Gasteiger partial charge in [0.1, 0.15) is 11.8 Å². The lowest BCUT2D eigenvalue weighted by Crippen LogP contribution is -2.20. The smallest absolute Gasteiger partial charge is 0.248 e. The first-order valence-electron chi connectivity index (χ1n) is 8.36. The van der Waals surface area contributed by atoms with Crippen LogP contribution in [0.1, 0.15) is 17.2 Å². The summed E-state index contributed by atoms with van der Waals surface area (Å²) in [4.78, 5) is 0.